The molecule has 2 aliphatic heterocycles. The number of ether oxygens (including phenoxy) is 4. The number of rotatable bonds is 4. The van der Waals surface area contributed by atoms with E-state index in [4.69, 9.17) is 18.9 Å². The highest BCUT2D eigenvalue weighted by molar-refractivity contribution is 5.66. The predicted octanol–water partition coefficient (Wildman–Crippen LogP) is 3.92. The van der Waals surface area contributed by atoms with E-state index in [1.54, 1.807) is 0 Å². The van der Waals surface area contributed by atoms with Crippen LogP contribution >= 0.6 is 0 Å². The summed E-state index contributed by atoms with van der Waals surface area (Å²) in [6.07, 6.45) is 0.354. The molecule has 2 heterocycles. The number of hydrogen-bond donors (Lipinski definition) is 5. The van der Waals surface area contributed by atoms with E-state index in [0.29, 0.717) is 12.3 Å². The van der Waals surface area contributed by atoms with E-state index in [1.807, 2.05) is 20.8 Å². The smallest absolute Gasteiger partial charge is 0.303 e. The summed E-state index contributed by atoms with van der Waals surface area (Å²) in [7, 11) is 0. The Balaban J connectivity index is 1.17. The van der Waals surface area contributed by atoms with Crippen molar-refractivity contribution in [1.82, 2.24) is 0 Å². The van der Waals surface area contributed by atoms with Gasteiger partial charge in [0.05, 0.1) is 18.8 Å². The Kier molecular flexibility index (Phi) is 8.03. The molecule has 0 aromatic rings. The Bertz CT molecular complexity index is 1300. The van der Waals surface area contributed by atoms with E-state index in [9.17, 15) is 30.3 Å². The van der Waals surface area contributed by atoms with Crippen LogP contribution in [-0.2, 0) is 23.7 Å². The molecule has 0 radical (unpaired) electrons. The lowest BCUT2D eigenvalue weighted by Gasteiger charge is -2.63. The van der Waals surface area contributed by atoms with Crippen molar-refractivity contribution in [2.75, 3.05) is 6.61 Å². The number of esters is 1. The molecule has 48 heavy (non-hydrogen) atoms. The first-order valence-electron chi connectivity index (χ1n) is 18.7. The zero-order valence-corrected chi connectivity index (χ0v) is 30.6. The summed E-state index contributed by atoms with van der Waals surface area (Å²) in [6.45, 7) is 18.7. The minimum atomic E-state index is -1.75. The van der Waals surface area contributed by atoms with Crippen LogP contribution in [0, 0.1) is 56.2 Å². The van der Waals surface area contributed by atoms with E-state index in [2.05, 4.69) is 34.6 Å². The molecule has 5 aliphatic carbocycles. The van der Waals surface area contributed by atoms with Crippen LogP contribution in [0.2, 0.25) is 0 Å². The van der Waals surface area contributed by atoms with E-state index in [1.165, 1.54) is 6.92 Å². The number of hydrogen-bond acceptors (Lipinski definition) is 10. The number of carbonyl (C=O) groups is 1. The Morgan fingerprint density at radius 2 is 1.56 bits per heavy atom. The van der Waals surface area contributed by atoms with Gasteiger partial charge in [0.1, 0.15) is 30.5 Å². The predicted molar refractivity (Wildman–Crippen MR) is 175 cm³/mol. The molecule has 7 fully saturated rings. The maximum absolute atomic E-state index is 12.7. The molecule has 7 rings (SSSR count). The van der Waals surface area contributed by atoms with Crippen molar-refractivity contribution in [2.45, 2.75) is 168 Å². The minimum absolute atomic E-state index is 0.0534. The third-order valence-corrected chi connectivity index (χ3v) is 16.0. The van der Waals surface area contributed by atoms with Gasteiger partial charge in [0.15, 0.2) is 12.1 Å². The number of aliphatic hydroxyl groups excluding tert-OH is 4. The van der Waals surface area contributed by atoms with Crippen LogP contribution in [0.1, 0.15) is 114 Å². The zero-order chi connectivity index (χ0) is 35.2. The number of fused-ring (bicyclic) bond motifs is 4. The second-order valence-corrected chi connectivity index (χ2v) is 19.5. The van der Waals surface area contributed by atoms with Gasteiger partial charge in [-0.2, -0.15) is 0 Å². The van der Waals surface area contributed by atoms with Crippen molar-refractivity contribution in [3.63, 3.8) is 0 Å². The van der Waals surface area contributed by atoms with Crippen LogP contribution in [0.4, 0.5) is 0 Å². The normalized spacial score (nSPS) is 56.1. The van der Waals surface area contributed by atoms with Gasteiger partial charge < -0.3 is 44.5 Å². The molecule has 2 spiro atoms. The molecule has 10 nitrogen and oxygen atoms in total. The first-order valence-corrected chi connectivity index (χ1v) is 18.7. The molecule has 0 aromatic carbocycles. The molecule has 17 atom stereocenters. The second kappa shape index (κ2) is 10.8. The molecule has 17 unspecified atom stereocenters. The fourth-order valence-electron chi connectivity index (χ4n) is 14.0. The third-order valence-electron chi connectivity index (χ3n) is 16.0. The average Bonchev–Trinajstić information content (AvgIpc) is 3.62. The van der Waals surface area contributed by atoms with Crippen molar-refractivity contribution >= 4 is 5.97 Å². The van der Waals surface area contributed by atoms with Gasteiger partial charge in [-0.25, -0.2) is 0 Å². The maximum atomic E-state index is 12.7. The first-order chi connectivity index (χ1) is 22.1. The molecule has 0 bridgehead atoms. The molecule has 5 saturated carbocycles. The molecule has 0 aromatic heterocycles. The van der Waals surface area contributed by atoms with E-state index >= 15 is 0 Å². The van der Waals surface area contributed by atoms with Gasteiger partial charge >= 0.3 is 5.97 Å². The molecule has 274 valence electrons. The van der Waals surface area contributed by atoms with Crippen molar-refractivity contribution < 1.29 is 49.3 Å². The van der Waals surface area contributed by atoms with Crippen LogP contribution < -0.4 is 0 Å². The average molecular weight is 679 g/mol. The summed E-state index contributed by atoms with van der Waals surface area (Å²) in [4.78, 5) is 12.2. The van der Waals surface area contributed by atoms with Crippen molar-refractivity contribution in [1.29, 1.82) is 0 Å². The van der Waals surface area contributed by atoms with Gasteiger partial charge in [-0.1, -0.05) is 55.4 Å². The minimum Gasteiger partial charge on any atom is -0.459 e. The lowest BCUT2D eigenvalue weighted by atomic mass is 9.41. The number of carbonyl (C=O) groups excluding carboxylic acids is 1. The fraction of sp³-hybridized carbons (Fsp3) is 0.974. The standard InChI is InChI=1S/C38H62O10/c1-19-16-22(29(32(3,4)5)46-20(2)39)48-38(44)28(19)34(8)14-15-37-18-36(37)13-12-25(47-30-27(42)26(41)21(40)17-45-30)33(6,7)23(36)10-11-24(37)35(34,9)31(38)43/h19,21-31,40-44H,10-18H2,1-9H3. The van der Waals surface area contributed by atoms with Crippen molar-refractivity contribution in [3.8, 4) is 0 Å². The highest BCUT2D eigenvalue weighted by atomic mass is 16.7. The summed E-state index contributed by atoms with van der Waals surface area (Å²) >= 11 is 0. The number of aliphatic hydroxyl groups is 5. The van der Waals surface area contributed by atoms with Crippen LogP contribution in [0.3, 0.4) is 0 Å². The van der Waals surface area contributed by atoms with Crippen LogP contribution in [0.5, 0.6) is 0 Å². The Morgan fingerprint density at radius 3 is 2.21 bits per heavy atom. The van der Waals surface area contributed by atoms with Crippen LogP contribution in [-0.4, -0.2) is 92.9 Å². The van der Waals surface area contributed by atoms with Gasteiger partial charge in [-0.15, -0.1) is 0 Å². The van der Waals surface area contributed by atoms with Gasteiger partial charge in [0, 0.05) is 23.7 Å². The molecule has 7 aliphatic rings. The second-order valence-electron chi connectivity index (χ2n) is 19.5. The maximum Gasteiger partial charge on any atom is 0.303 e. The highest BCUT2D eigenvalue weighted by Crippen LogP contribution is 2.89. The summed E-state index contributed by atoms with van der Waals surface area (Å²) in [6, 6.07) is 0. The van der Waals surface area contributed by atoms with Gasteiger partial charge in [-0.05, 0) is 90.8 Å². The molecular formula is C38H62O10. The van der Waals surface area contributed by atoms with Crippen molar-refractivity contribution in [3.05, 3.63) is 0 Å². The first kappa shape index (κ1) is 35.5. The van der Waals surface area contributed by atoms with Gasteiger partial charge in [-0.3, -0.25) is 4.79 Å². The third kappa shape index (κ3) is 4.42. The molecule has 0 amide bonds. The quantitative estimate of drug-likeness (QED) is 0.218. The Labute approximate surface area is 286 Å². The fourth-order valence-corrected chi connectivity index (χ4v) is 14.0. The highest BCUT2D eigenvalue weighted by Gasteiger charge is 2.86. The topological polar surface area (TPSA) is 155 Å². The van der Waals surface area contributed by atoms with Gasteiger partial charge in [0.25, 0.3) is 0 Å². The van der Waals surface area contributed by atoms with E-state index in [0.717, 1.165) is 44.9 Å². The largest absolute Gasteiger partial charge is 0.459 e. The summed E-state index contributed by atoms with van der Waals surface area (Å²) < 4.78 is 24.7. The molecular weight excluding hydrogens is 616 g/mol. The molecule has 10 heteroatoms. The van der Waals surface area contributed by atoms with Gasteiger partial charge in [0.2, 0.25) is 0 Å². The lowest BCUT2D eigenvalue weighted by molar-refractivity contribution is -0.340. The summed E-state index contributed by atoms with van der Waals surface area (Å²) in [5, 5.41) is 56.1. The van der Waals surface area contributed by atoms with E-state index < -0.39 is 59.5 Å². The Hall–Kier alpha value is -0.850. The lowest BCUT2D eigenvalue weighted by Crippen LogP contribution is -2.61. The SMILES string of the molecule is CC(=O)OC(C1CC(C)C2C(O)(O1)C(O)C1(C)C3CCC4C(C)(C)C(OC5OCC(O)C(O)C5O)CCC45CC35CCC21C)C(C)(C)C. The van der Waals surface area contributed by atoms with Crippen LogP contribution in [0.15, 0.2) is 0 Å². The molecule has 2 saturated heterocycles. The van der Waals surface area contributed by atoms with E-state index in [-0.39, 0.29) is 58.1 Å². The zero-order valence-electron chi connectivity index (χ0n) is 30.6. The monoisotopic (exact) mass is 678 g/mol. The summed E-state index contributed by atoms with van der Waals surface area (Å²) in [5.41, 5.74) is -1.37. The summed E-state index contributed by atoms with van der Waals surface area (Å²) in [5.74, 6) is -1.72. The van der Waals surface area contributed by atoms with Crippen molar-refractivity contribution in [2.24, 2.45) is 56.2 Å². The Morgan fingerprint density at radius 1 is 0.917 bits per heavy atom. The van der Waals surface area contributed by atoms with Crippen LogP contribution in [0.25, 0.3) is 0 Å². The molecule has 5 N–H and O–H groups in total.